The number of hydrogen-bond donors (Lipinski definition) is 1. The summed E-state index contributed by atoms with van der Waals surface area (Å²) in [7, 11) is 0. The number of carbonyl (C=O) groups is 1. The Morgan fingerprint density at radius 3 is 2.43 bits per heavy atom. The molecule has 3 rings (SSSR count). The minimum Gasteiger partial charge on any atom is -0.345 e. The number of benzene rings is 3. The van der Waals surface area contributed by atoms with Crippen LogP contribution in [0.5, 0.6) is 0 Å². The molecule has 1 amide bonds. The molecule has 1 unspecified atom stereocenters. The summed E-state index contributed by atoms with van der Waals surface area (Å²) in [6, 6.07) is 16.4. The largest absolute Gasteiger partial charge is 0.345 e. The van der Waals surface area contributed by atoms with Crippen molar-refractivity contribution >= 4 is 16.7 Å². The predicted octanol–water partition coefficient (Wildman–Crippen LogP) is 4.61. The first-order chi connectivity index (χ1) is 11.0. The van der Waals surface area contributed by atoms with E-state index < -0.39 is 17.5 Å². The number of hydrogen-bond acceptors (Lipinski definition) is 1. The van der Waals surface area contributed by atoms with Crippen LogP contribution in [-0.2, 0) is 0 Å². The summed E-state index contributed by atoms with van der Waals surface area (Å²) in [6.45, 7) is 1.82. The second-order valence-electron chi connectivity index (χ2n) is 5.43. The topological polar surface area (TPSA) is 29.1 Å². The lowest BCUT2D eigenvalue weighted by molar-refractivity contribution is 0.0935. The molecule has 0 aliphatic carbocycles. The van der Waals surface area contributed by atoms with Gasteiger partial charge < -0.3 is 5.32 Å². The third-order valence-corrected chi connectivity index (χ3v) is 3.80. The summed E-state index contributed by atoms with van der Waals surface area (Å²) in [6.07, 6.45) is 0. The van der Waals surface area contributed by atoms with E-state index in [9.17, 15) is 13.6 Å². The quantitative estimate of drug-likeness (QED) is 0.752. The van der Waals surface area contributed by atoms with E-state index in [1.807, 2.05) is 49.4 Å². The lowest BCUT2D eigenvalue weighted by atomic mass is 10.0. The highest BCUT2D eigenvalue weighted by Crippen LogP contribution is 2.21. The highest BCUT2D eigenvalue weighted by Gasteiger charge is 2.15. The maximum Gasteiger partial charge on any atom is 0.254 e. The van der Waals surface area contributed by atoms with E-state index in [0.717, 1.165) is 28.5 Å². The van der Waals surface area contributed by atoms with Gasteiger partial charge in [-0.3, -0.25) is 4.79 Å². The molecule has 0 radical (unpaired) electrons. The van der Waals surface area contributed by atoms with Gasteiger partial charge in [0.2, 0.25) is 0 Å². The second kappa shape index (κ2) is 6.16. The van der Waals surface area contributed by atoms with Gasteiger partial charge in [-0.2, -0.15) is 0 Å². The highest BCUT2D eigenvalue weighted by atomic mass is 19.1. The van der Waals surface area contributed by atoms with E-state index in [0.29, 0.717) is 6.07 Å². The maximum atomic E-state index is 13.7. The van der Waals surface area contributed by atoms with Gasteiger partial charge in [0.05, 0.1) is 11.6 Å². The Balaban J connectivity index is 1.82. The van der Waals surface area contributed by atoms with E-state index in [1.165, 1.54) is 0 Å². The molecule has 0 aliphatic rings. The Hall–Kier alpha value is -2.75. The molecule has 3 aromatic carbocycles. The molecule has 0 heterocycles. The van der Waals surface area contributed by atoms with Crippen molar-refractivity contribution in [1.82, 2.24) is 5.32 Å². The van der Waals surface area contributed by atoms with Gasteiger partial charge in [-0.25, -0.2) is 8.78 Å². The van der Waals surface area contributed by atoms with Crippen molar-refractivity contribution in [2.24, 2.45) is 0 Å². The minimum absolute atomic E-state index is 0.168. The molecular weight excluding hydrogens is 296 g/mol. The number of amides is 1. The zero-order valence-corrected chi connectivity index (χ0v) is 12.5. The highest BCUT2D eigenvalue weighted by molar-refractivity contribution is 5.94. The van der Waals surface area contributed by atoms with Crippen LogP contribution in [0.1, 0.15) is 28.9 Å². The van der Waals surface area contributed by atoms with Crippen LogP contribution in [0.25, 0.3) is 10.8 Å². The normalized spacial score (nSPS) is 12.1. The summed E-state index contributed by atoms with van der Waals surface area (Å²) in [5.74, 6) is -2.14. The van der Waals surface area contributed by atoms with Crippen LogP contribution in [0.15, 0.2) is 60.7 Å². The Morgan fingerprint density at radius 2 is 1.70 bits per heavy atom. The predicted molar refractivity (Wildman–Crippen MR) is 86.2 cm³/mol. The summed E-state index contributed by atoms with van der Waals surface area (Å²) >= 11 is 0. The maximum absolute atomic E-state index is 13.7. The summed E-state index contributed by atoms with van der Waals surface area (Å²) in [5, 5.41) is 4.92. The molecule has 1 atom stereocenters. The van der Waals surface area contributed by atoms with Gasteiger partial charge in [0.25, 0.3) is 5.91 Å². The minimum atomic E-state index is -0.867. The molecule has 0 bridgehead atoms. The number of halogens is 2. The monoisotopic (exact) mass is 311 g/mol. The summed E-state index contributed by atoms with van der Waals surface area (Å²) < 4.78 is 26.6. The van der Waals surface area contributed by atoms with Crippen LogP contribution in [-0.4, -0.2) is 5.91 Å². The molecule has 0 fully saturated rings. The van der Waals surface area contributed by atoms with Crippen molar-refractivity contribution in [1.29, 1.82) is 0 Å². The average molecular weight is 311 g/mol. The molecular formula is C19H15F2NO. The first-order valence-electron chi connectivity index (χ1n) is 7.29. The first kappa shape index (κ1) is 15.2. The van der Waals surface area contributed by atoms with Gasteiger partial charge in [0, 0.05) is 6.07 Å². The zero-order valence-electron chi connectivity index (χ0n) is 12.5. The first-order valence-corrected chi connectivity index (χ1v) is 7.29. The van der Waals surface area contributed by atoms with Crippen molar-refractivity contribution in [2.75, 3.05) is 0 Å². The van der Waals surface area contributed by atoms with Gasteiger partial charge in [-0.1, -0.05) is 36.4 Å². The zero-order chi connectivity index (χ0) is 16.4. The van der Waals surface area contributed by atoms with Crippen molar-refractivity contribution in [3.63, 3.8) is 0 Å². The molecule has 3 aromatic rings. The molecule has 4 heteroatoms. The molecule has 23 heavy (non-hydrogen) atoms. The van der Waals surface area contributed by atoms with Crippen molar-refractivity contribution in [3.8, 4) is 0 Å². The van der Waals surface area contributed by atoms with Crippen molar-refractivity contribution < 1.29 is 13.6 Å². The van der Waals surface area contributed by atoms with E-state index in [4.69, 9.17) is 0 Å². The third kappa shape index (κ3) is 3.21. The molecule has 0 saturated carbocycles. The molecule has 116 valence electrons. The fraction of sp³-hybridized carbons (Fsp3) is 0.105. The second-order valence-corrected chi connectivity index (χ2v) is 5.43. The lowest BCUT2D eigenvalue weighted by Gasteiger charge is -2.15. The number of fused-ring (bicyclic) bond motifs is 1. The van der Waals surface area contributed by atoms with E-state index in [-0.39, 0.29) is 11.6 Å². The van der Waals surface area contributed by atoms with Crippen LogP contribution < -0.4 is 5.32 Å². The van der Waals surface area contributed by atoms with Crippen molar-refractivity contribution in [2.45, 2.75) is 13.0 Å². The molecule has 0 saturated heterocycles. The van der Waals surface area contributed by atoms with E-state index >= 15 is 0 Å². The molecule has 1 N–H and O–H groups in total. The Morgan fingerprint density at radius 1 is 0.957 bits per heavy atom. The summed E-state index contributed by atoms with van der Waals surface area (Å²) in [5.41, 5.74) is 0.749. The third-order valence-electron chi connectivity index (χ3n) is 3.80. The fourth-order valence-corrected chi connectivity index (χ4v) is 2.51. The number of rotatable bonds is 3. The van der Waals surface area contributed by atoms with Crippen LogP contribution >= 0.6 is 0 Å². The van der Waals surface area contributed by atoms with Gasteiger partial charge in [0.15, 0.2) is 0 Å². The van der Waals surface area contributed by atoms with Gasteiger partial charge in [-0.05, 0) is 41.5 Å². The smallest absolute Gasteiger partial charge is 0.254 e. The van der Waals surface area contributed by atoms with Gasteiger partial charge in [-0.15, -0.1) is 0 Å². The molecule has 0 aliphatic heterocycles. The van der Waals surface area contributed by atoms with Crippen LogP contribution in [0.4, 0.5) is 8.78 Å². The van der Waals surface area contributed by atoms with Crippen molar-refractivity contribution in [3.05, 3.63) is 83.4 Å². The molecule has 0 spiro atoms. The van der Waals surface area contributed by atoms with Crippen LogP contribution in [0.3, 0.4) is 0 Å². The molecule has 0 aromatic heterocycles. The Bertz CT molecular complexity index is 876. The SMILES string of the molecule is CC(NC(=O)c1ccc(F)cc1F)c1ccc2ccccc2c1. The average Bonchev–Trinajstić information content (AvgIpc) is 2.54. The van der Waals surface area contributed by atoms with Crippen LogP contribution in [0, 0.1) is 11.6 Å². The fourth-order valence-electron chi connectivity index (χ4n) is 2.51. The lowest BCUT2D eigenvalue weighted by Crippen LogP contribution is -2.27. The number of nitrogens with one attached hydrogen (secondary N) is 1. The summed E-state index contributed by atoms with van der Waals surface area (Å²) in [4.78, 5) is 12.2. The van der Waals surface area contributed by atoms with Gasteiger partial charge in [0.1, 0.15) is 11.6 Å². The van der Waals surface area contributed by atoms with E-state index in [2.05, 4.69) is 5.32 Å². The Kier molecular flexibility index (Phi) is 4.06. The standard InChI is InChI=1S/C19H15F2NO/c1-12(14-7-6-13-4-2-3-5-15(13)10-14)22-19(23)17-9-8-16(20)11-18(17)21/h2-12H,1H3,(H,22,23). The Labute approximate surface area is 132 Å². The number of carbonyl (C=O) groups excluding carboxylic acids is 1. The van der Waals surface area contributed by atoms with E-state index in [1.54, 1.807) is 0 Å². The van der Waals surface area contributed by atoms with Gasteiger partial charge >= 0.3 is 0 Å². The molecule has 2 nitrogen and oxygen atoms in total. The van der Waals surface area contributed by atoms with Crippen LogP contribution in [0.2, 0.25) is 0 Å².